The molecule has 1 aromatic carbocycles. The molecule has 13 heteroatoms. The minimum absolute atomic E-state index is 0.0390. The molecule has 5 rings (SSSR count). The number of urea groups is 1. The monoisotopic (exact) mass is 534 g/mol. The van der Waals surface area contributed by atoms with Crippen molar-refractivity contribution in [2.24, 2.45) is 0 Å². The molecule has 3 aromatic rings. The first-order chi connectivity index (χ1) is 17.7. The molecule has 1 fully saturated rings. The Morgan fingerprint density at radius 3 is 2.86 bits per heavy atom. The van der Waals surface area contributed by atoms with Crippen LogP contribution >= 0.6 is 11.6 Å². The van der Waals surface area contributed by atoms with E-state index in [0.717, 1.165) is 12.1 Å². The van der Waals surface area contributed by atoms with Crippen LogP contribution in [0.25, 0.3) is 11.3 Å². The van der Waals surface area contributed by atoms with E-state index in [1.54, 1.807) is 6.07 Å². The number of nitrogens with one attached hydrogen (secondary N) is 1. The zero-order chi connectivity index (χ0) is 26.2. The Morgan fingerprint density at radius 2 is 2.08 bits per heavy atom. The minimum atomic E-state index is -4.52. The molecule has 0 spiro atoms. The van der Waals surface area contributed by atoms with Gasteiger partial charge < -0.3 is 14.7 Å². The molecule has 0 aliphatic carbocycles. The Balaban J connectivity index is 1.47. The van der Waals surface area contributed by atoms with Gasteiger partial charge in [-0.25, -0.2) is 14.8 Å². The second-order valence-electron chi connectivity index (χ2n) is 8.58. The van der Waals surface area contributed by atoms with Gasteiger partial charge in [0, 0.05) is 37.9 Å². The third-order valence-electron chi connectivity index (χ3n) is 6.12. The molecule has 37 heavy (non-hydrogen) atoms. The van der Waals surface area contributed by atoms with Gasteiger partial charge in [-0.2, -0.15) is 18.2 Å². The fraction of sp³-hybridized carbons (Fsp3) is 0.333. The van der Waals surface area contributed by atoms with Crippen molar-refractivity contribution in [3.63, 3.8) is 0 Å². The summed E-state index contributed by atoms with van der Waals surface area (Å²) in [6.07, 6.45) is -2.00. The van der Waals surface area contributed by atoms with Crippen LogP contribution in [-0.2, 0) is 6.18 Å². The average Bonchev–Trinajstić information content (AvgIpc) is 3.29. The Hall–Kier alpha value is -3.64. The molecule has 2 amide bonds. The molecule has 1 saturated heterocycles. The number of alkyl halides is 3. The highest BCUT2D eigenvalue weighted by molar-refractivity contribution is 6.33. The number of aromatic nitrogens is 3. The molecule has 2 aliphatic rings. The highest BCUT2D eigenvalue weighted by Gasteiger charge is 2.41. The number of halogens is 4. The number of hydrogen-bond acceptors (Lipinski definition) is 7. The Kier molecular flexibility index (Phi) is 6.78. The predicted octanol–water partition coefficient (Wildman–Crippen LogP) is 4.60. The number of nitrogens with zero attached hydrogens (tertiary/aromatic N) is 5. The van der Waals surface area contributed by atoms with E-state index in [-0.39, 0.29) is 47.4 Å². The molecule has 2 bridgehead atoms. The zero-order valence-corrected chi connectivity index (χ0v) is 20.1. The zero-order valence-electron chi connectivity index (χ0n) is 19.4. The molecule has 2 aliphatic heterocycles. The van der Waals surface area contributed by atoms with Crippen LogP contribution in [0.4, 0.5) is 35.3 Å². The van der Waals surface area contributed by atoms with Gasteiger partial charge in [-0.15, -0.1) is 0 Å². The van der Waals surface area contributed by atoms with Crippen LogP contribution in [-0.4, -0.2) is 58.4 Å². The number of anilines is 3. The van der Waals surface area contributed by atoms with E-state index in [4.69, 9.17) is 21.4 Å². The summed E-state index contributed by atoms with van der Waals surface area (Å²) in [5, 5.41) is 11.8. The van der Waals surface area contributed by atoms with Crippen LogP contribution in [0.5, 0.6) is 6.01 Å². The van der Waals surface area contributed by atoms with Crippen molar-refractivity contribution in [1.82, 2.24) is 15.0 Å². The largest absolute Gasteiger partial charge is 0.463 e. The number of carbonyl (C=O) groups is 1. The van der Waals surface area contributed by atoms with Gasteiger partial charge in [-0.1, -0.05) is 23.7 Å². The lowest BCUT2D eigenvalue weighted by Gasteiger charge is -2.36. The van der Waals surface area contributed by atoms with Crippen LogP contribution in [0.15, 0.2) is 42.6 Å². The van der Waals surface area contributed by atoms with Gasteiger partial charge in [-0.3, -0.25) is 10.2 Å². The average molecular weight is 535 g/mol. The van der Waals surface area contributed by atoms with Crippen molar-refractivity contribution >= 4 is 35.0 Å². The summed E-state index contributed by atoms with van der Waals surface area (Å²) in [6, 6.07) is 7.25. The van der Waals surface area contributed by atoms with Crippen LogP contribution in [0, 0.1) is 0 Å². The summed E-state index contributed by atoms with van der Waals surface area (Å²) in [5.41, 5.74) is 0.143. The van der Waals surface area contributed by atoms with E-state index in [1.165, 1.54) is 29.3 Å². The number of aliphatic hydroxyl groups is 1. The van der Waals surface area contributed by atoms with Gasteiger partial charge in [0.15, 0.2) is 5.82 Å². The number of amides is 2. The summed E-state index contributed by atoms with van der Waals surface area (Å²) in [6.45, 7) is 1.43. The van der Waals surface area contributed by atoms with Crippen LogP contribution in [0.3, 0.4) is 0 Å². The van der Waals surface area contributed by atoms with Gasteiger partial charge in [0.1, 0.15) is 5.82 Å². The smallest absolute Gasteiger partial charge is 0.416 e. The quantitative estimate of drug-likeness (QED) is 0.445. The van der Waals surface area contributed by atoms with Gasteiger partial charge in [0.25, 0.3) is 0 Å². The first-order valence-corrected chi connectivity index (χ1v) is 11.9. The van der Waals surface area contributed by atoms with E-state index in [0.29, 0.717) is 37.4 Å². The maximum atomic E-state index is 13.4. The summed E-state index contributed by atoms with van der Waals surface area (Å²) < 4.78 is 45.3. The number of fused-ring (bicyclic) bond motifs is 4. The highest BCUT2D eigenvalue weighted by atomic mass is 35.5. The number of benzene rings is 1. The minimum Gasteiger partial charge on any atom is -0.463 e. The summed E-state index contributed by atoms with van der Waals surface area (Å²) in [5.74, 6) is 0.504. The van der Waals surface area contributed by atoms with Gasteiger partial charge in [-0.05, 0) is 30.7 Å². The molecule has 0 radical (unpaired) electrons. The van der Waals surface area contributed by atoms with E-state index in [2.05, 4.69) is 25.2 Å². The Labute approximate surface area is 214 Å². The molecular weight excluding hydrogens is 513 g/mol. The fourth-order valence-electron chi connectivity index (χ4n) is 4.41. The van der Waals surface area contributed by atoms with Crippen molar-refractivity contribution in [2.75, 3.05) is 41.4 Å². The summed E-state index contributed by atoms with van der Waals surface area (Å²) >= 11 is 6.49. The number of aliphatic hydroxyl groups excluding tert-OH is 1. The second kappa shape index (κ2) is 10.0. The molecule has 0 saturated carbocycles. The van der Waals surface area contributed by atoms with Gasteiger partial charge >= 0.3 is 18.2 Å². The molecule has 1 unspecified atom stereocenters. The SMILES string of the molecule is O=C(Nc1ccnc(OCCCO)n1)N1c2nc(-c3cccc(C(F)(F)F)c3)c(Cl)cc2N2CCC1C2. The molecule has 1 atom stereocenters. The third-order valence-corrected chi connectivity index (χ3v) is 6.41. The summed E-state index contributed by atoms with van der Waals surface area (Å²) in [4.78, 5) is 29.8. The van der Waals surface area contributed by atoms with Crippen LogP contribution in [0.1, 0.15) is 18.4 Å². The van der Waals surface area contributed by atoms with Gasteiger partial charge in [0.2, 0.25) is 0 Å². The maximum Gasteiger partial charge on any atom is 0.416 e. The lowest BCUT2D eigenvalue weighted by molar-refractivity contribution is -0.137. The molecular formula is C24H22ClF3N6O3. The topological polar surface area (TPSA) is 104 Å². The van der Waals surface area contributed by atoms with Crippen LogP contribution in [0.2, 0.25) is 5.02 Å². The lowest BCUT2D eigenvalue weighted by atomic mass is 10.1. The standard InChI is InChI=1S/C24H22ClF3N6O3/c25-17-12-18-21(32-20(17)14-3-1-4-15(11-14)24(26,27)28)34(16-6-8-33(18)13-16)23(36)31-19-5-7-29-22(30-19)37-10-2-9-35/h1,3-5,7,11-12,16,35H,2,6,8-10,13H2,(H,29,30,31,36). The second-order valence-corrected chi connectivity index (χ2v) is 8.99. The van der Waals surface area contributed by atoms with E-state index < -0.39 is 17.8 Å². The molecule has 4 heterocycles. The Morgan fingerprint density at radius 1 is 1.24 bits per heavy atom. The van der Waals surface area contributed by atoms with E-state index >= 15 is 0 Å². The van der Waals surface area contributed by atoms with Crippen molar-refractivity contribution in [1.29, 1.82) is 0 Å². The number of pyridine rings is 1. The summed E-state index contributed by atoms with van der Waals surface area (Å²) in [7, 11) is 0. The molecule has 9 nitrogen and oxygen atoms in total. The van der Waals surface area contributed by atoms with Crippen LogP contribution < -0.4 is 19.9 Å². The lowest BCUT2D eigenvalue weighted by Crippen LogP contribution is -2.48. The van der Waals surface area contributed by atoms with E-state index in [9.17, 15) is 18.0 Å². The normalized spacial score (nSPS) is 16.5. The number of carbonyl (C=O) groups excluding carboxylic acids is 1. The number of ether oxygens (including phenoxy) is 1. The van der Waals surface area contributed by atoms with E-state index in [1.807, 2.05) is 0 Å². The van der Waals surface area contributed by atoms with Crippen molar-refractivity contribution < 1.29 is 27.8 Å². The fourth-order valence-corrected chi connectivity index (χ4v) is 4.66. The Bertz CT molecular complexity index is 1330. The van der Waals surface area contributed by atoms with Gasteiger partial charge in [0.05, 0.1) is 34.6 Å². The van der Waals surface area contributed by atoms with Crippen molar-refractivity contribution in [3.05, 3.63) is 53.2 Å². The van der Waals surface area contributed by atoms with Crippen molar-refractivity contribution in [2.45, 2.75) is 25.1 Å². The molecule has 2 N–H and O–H groups in total. The maximum absolute atomic E-state index is 13.4. The number of hydrogen-bond donors (Lipinski definition) is 2. The molecule has 194 valence electrons. The molecule has 2 aromatic heterocycles. The first kappa shape index (κ1) is 25.0. The van der Waals surface area contributed by atoms with Crippen molar-refractivity contribution in [3.8, 4) is 17.3 Å². The third kappa shape index (κ3) is 5.12. The highest BCUT2D eigenvalue weighted by Crippen LogP contribution is 2.43. The first-order valence-electron chi connectivity index (χ1n) is 11.5. The predicted molar refractivity (Wildman–Crippen MR) is 131 cm³/mol. The number of rotatable bonds is 6.